The van der Waals surface area contributed by atoms with Crippen molar-refractivity contribution in [2.75, 3.05) is 14.1 Å². The molecule has 2 aromatic heterocycles. The number of nitrogens with zero attached hydrogens (tertiary/aromatic N) is 3. The van der Waals surface area contributed by atoms with Crippen LogP contribution >= 0.6 is 11.6 Å². The van der Waals surface area contributed by atoms with Crippen molar-refractivity contribution >= 4 is 23.5 Å². The van der Waals surface area contributed by atoms with Crippen molar-refractivity contribution in [2.45, 2.75) is 26.4 Å². The molecular weight excluding hydrogens is 546 g/mol. The predicted molar refractivity (Wildman–Crippen MR) is 151 cm³/mol. The molecule has 2 heterocycles. The Bertz CT molecular complexity index is 1680. The third-order valence-electron chi connectivity index (χ3n) is 5.30. The molecule has 10 heteroatoms. The summed E-state index contributed by atoms with van der Waals surface area (Å²) >= 11 is 5.83. The van der Waals surface area contributed by atoms with Crippen molar-refractivity contribution in [1.82, 2.24) is 9.97 Å². The predicted octanol–water partition coefficient (Wildman–Crippen LogP) is 5.70. The molecule has 0 fully saturated rings. The van der Waals surface area contributed by atoms with Crippen LogP contribution in [0, 0.1) is 11.3 Å². The number of rotatable bonds is 10. The van der Waals surface area contributed by atoms with Crippen LogP contribution in [-0.4, -0.2) is 36.0 Å². The van der Waals surface area contributed by atoms with Gasteiger partial charge in [0.2, 0.25) is 0 Å². The number of nitriles is 1. The zero-order chi connectivity index (χ0) is 34.5. The number of methoxy groups -OCH3 is 2. The molecule has 4 rings (SSSR count). The van der Waals surface area contributed by atoms with Crippen molar-refractivity contribution in [3.8, 4) is 6.07 Å². The van der Waals surface area contributed by atoms with Gasteiger partial charge in [0.15, 0.2) is 11.4 Å². The van der Waals surface area contributed by atoms with Gasteiger partial charge in [0, 0.05) is 37.6 Å². The molecule has 4 aromatic rings. The number of benzene rings is 2. The van der Waals surface area contributed by atoms with Crippen molar-refractivity contribution in [3.63, 3.8) is 0 Å². The van der Waals surface area contributed by atoms with Crippen molar-refractivity contribution < 1.29 is 36.8 Å². The molecule has 41 heavy (non-hydrogen) atoms. The highest BCUT2D eigenvalue weighted by Crippen LogP contribution is 2.16. The lowest BCUT2D eigenvalue weighted by molar-refractivity contribution is 0.0452. The second-order valence-corrected chi connectivity index (χ2v) is 8.64. The van der Waals surface area contributed by atoms with Gasteiger partial charge in [0.1, 0.15) is 19.3 Å². The van der Waals surface area contributed by atoms with Crippen LogP contribution in [0.1, 0.15) is 57.0 Å². The minimum absolute atomic E-state index is 0.0189. The van der Waals surface area contributed by atoms with E-state index in [4.69, 9.17) is 44.0 Å². The highest BCUT2D eigenvalue weighted by atomic mass is 35.5. The van der Waals surface area contributed by atoms with Crippen LogP contribution in [0.25, 0.3) is 0 Å². The van der Waals surface area contributed by atoms with Gasteiger partial charge in [0.05, 0.1) is 32.0 Å². The molecule has 210 valence electrons. The molecule has 0 aliphatic rings. The number of pyridine rings is 2. The van der Waals surface area contributed by atoms with E-state index in [9.17, 15) is 9.59 Å². The highest BCUT2D eigenvalue weighted by molar-refractivity contribution is 6.30. The number of hydrogen-bond acceptors (Lipinski definition) is 9. The molecule has 0 spiro atoms. The van der Waals surface area contributed by atoms with Crippen LogP contribution in [0.2, 0.25) is 5.02 Å². The Morgan fingerprint density at radius 2 is 1.27 bits per heavy atom. The summed E-state index contributed by atoms with van der Waals surface area (Å²) in [7, 11) is -5.19. The smallest absolute Gasteiger partial charge is 0.357 e. The first-order chi connectivity index (χ1) is 22.2. The Morgan fingerprint density at radius 3 is 1.76 bits per heavy atom. The van der Waals surface area contributed by atoms with Crippen molar-refractivity contribution in [3.05, 3.63) is 129 Å². The fourth-order valence-electron chi connectivity index (χ4n) is 3.38. The van der Waals surface area contributed by atoms with Gasteiger partial charge in [-0.1, -0.05) is 72.3 Å². The number of carbonyl (C=O) groups is 2. The summed E-state index contributed by atoms with van der Waals surface area (Å²) < 4.78 is 62.1. The number of ether oxygens (including phenoxy) is 4. The first kappa shape index (κ1) is 23.1. The van der Waals surface area contributed by atoms with Crippen LogP contribution < -0.4 is 0 Å². The van der Waals surface area contributed by atoms with Gasteiger partial charge in [-0.15, -0.1) is 0 Å². The Hall–Kier alpha value is -4.62. The topological polar surface area (TPSA) is 121 Å². The van der Waals surface area contributed by atoms with E-state index in [1.807, 2.05) is 54.6 Å². The zero-order valence-electron chi connectivity index (χ0n) is 27.6. The van der Waals surface area contributed by atoms with E-state index in [0.717, 1.165) is 11.1 Å². The number of hydrogen-bond donors (Lipinski definition) is 0. The normalized spacial score (nSPS) is 12.9. The third kappa shape index (κ3) is 9.81. The number of halogens is 1. The van der Waals surface area contributed by atoms with E-state index >= 15 is 0 Å². The van der Waals surface area contributed by atoms with Crippen LogP contribution in [0.15, 0.2) is 85.2 Å². The molecule has 0 radical (unpaired) electrons. The maximum absolute atomic E-state index is 12.2. The number of esters is 2. The van der Waals surface area contributed by atoms with Gasteiger partial charge >= 0.3 is 11.9 Å². The second kappa shape index (κ2) is 16.5. The molecule has 0 aliphatic carbocycles. The zero-order valence-corrected chi connectivity index (χ0v) is 22.3. The molecule has 2 aromatic carbocycles. The molecule has 0 aliphatic heterocycles. The Morgan fingerprint density at radius 1 is 0.780 bits per heavy atom. The average Bonchev–Trinajstić information content (AvgIpc) is 3.04. The van der Waals surface area contributed by atoms with Gasteiger partial charge in [-0.2, -0.15) is 5.26 Å². The molecule has 0 atom stereocenters. The van der Waals surface area contributed by atoms with Crippen molar-refractivity contribution in [1.29, 1.82) is 5.26 Å². The summed E-state index contributed by atoms with van der Waals surface area (Å²) in [6, 6.07) is 22.9. The highest BCUT2D eigenvalue weighted by Gasteiger charge is 2.16. The summed E-state index contributed by atoms with van der Waals surface area (Å²) in [5.74, 6) is -1.39. The first-order valence-electron chi connectivity index (χ1n) is 15.0. The van der Waals surface area contributed by atoms with E-state index < -0.39 is 26.0 Å². The third-order valence-corrected chi connectivity index (χ3v) is 5.50. The van der Waals surface area contributed by atoms with Crippen LogP contribution in [0.5, 0.6) is 0 Å². The average molecular weight is 580 g/mol. The van der Waals surface area contributed by atoms with Crippen LogP contribution in [0.3, 0.4) is 0 Å². The molecule has 0 amide bonds. The molecule has 0 bridgehead atoms. The molecule has 0 saturated heterocycles. The van der Waals surface area contributed by atoms with Gasteiger partial charge in [-0.25, -0.2) is 19.6 Å². The van der Waals surface area contributed by atoms with Gasteiger partial charge in [0.25, 0.3) is 0 Å². The number of aromatic nitrogens is 2. The standard InChI is InChI=1S/C16H14N2O3.C15H14ClNO3/c1-20-11-14-7-13(8-17)9-18-15(14)16(19)21-10-12-5-3-2-4-6-12;1-19-10-12-7-13(16)8-17-14(12)15(18)20-9-11-5-3-2-4-6-11/h2-7,9H,10-11H2,1H3;2-8H,9-10H2,1H3/i2*1D3. The molecule has 0 saturated carbocycles. The lowest BCUT2D eigenvalue weighted by Crippen LogP contribution is -2.11. The summed E-state index contributed by atoms with van der Waals surface area (Å²) in [4.78, 5) is 32.2. The quantitative estimate of drug-likeness (QED) is 0.218. The second-order valence-electron chi connectivity index (χ2n) is 8.21. The fourth-order valence-corrected chi connectivity index (χ4v) is 3.56. The largest absolute Gasteiger partial charge is 0.456 e. The van der Waals surface area contributed by atoms with Gasteiger partial charge in [-0.05, 0) is 23.3 Å². The SMILES string of the molecule is [2H]C([2H])([2H])OCc1cc(C#N)cnc1C(=O)OCc1ccccc1.[2H]C([2H])([2H])OCc1cc(Cl)cnc1C(=O)OCc1ccccc1. The molecular formula is C31H28ClN3O6. The summed E-state index contributed by atoms with van der Waals surface area (Å²) in [5, 5.41) is 9.19. The van der Waals surface area contributed by atoms with Crippen molar-refractivity contribution in [2.24, 2.45) is 0 Å². The maximum Gasteiger partial charge on any atom is 0.357 e. The monoisotopic (exact) mass is 579 g/mol. The summed E-state index contributed by atoms with van der Waals surface area (Å²) in [5.41, 5.74) is 2.17. The maximum atomic E-state index is 12.2. The van der Waals surface area contributed by atoms with Crippen LogP contribution in [-0.2, 0) is 45.4 Å². The molecule has 9 nitrogen and oxygen atoms in total. The Balaban J connectivity index is 0.000000256. The Kier molecular flexibility index (Phi) is 9.29. The lowest BCUT2D eigenvalue weighted by Gasteiger charge is -2.08. The van der Waals surface area contributed by atoms with Crippen LogP contribution in [0.4, 0.5) is 0 Å². The van der Waals surface area contributed by atoms with E-state index in [2.05, 4.69) is 9.97 Å². The lowest BCUT2D eigenvalue weighted by atomic mass is 10.1. The molecule has 0 N–H and O–H groups in total. The van der Waals surface area contributed by atoms with E-state index in [0.29, 0.717) is 0 Å². The minimum Gasteiger partial charge on any atom is -0.456 e. The van der Waals surface area contributed by atoms with E-state index in [1.54, 1.807) is 12.1 Å². The summed E-state index contributed by atoms with van der Waals surface area (Å²) in [6.07, 6.45) is 2.51. The number of carbonyl (C=O) groups excluding carboxylic acids is 2. The Labute approximate surface area is 251 Å². The van der Waals surface area contributed by atoms with E-state index in [1.165, 1.54) is 24.5 Å². The summed E-state index contributed by atoms with van der Waals surface area (Å²) in [6.45, 7) is -0.556. The molecule has 0 unspecified atom stereocenters. The first-order valence-corrected chi connectivity index (χ1v) is 12.4. The van der Waals surface area contributed by atoms with Gasteiger partial charge in [-0.3, -0.25) is 0 Å². The van der Waals surface area contributed by atoms with E-state index in [-0.39, 0.29) is 59.5 Å². The minimum atomic E-state index is -2.62. The van der Waals surface area contributed by atoms with Gasteiger partial charge < -0.3 is 18.9 Å². The fraction of sp³-hybridized carbons (Fsp3) is 0.194.